The van der Waals surface area contributed by atoms with Gasteiger partial charge in [-0.05, 0) is 26.8 Å². The number of nitrogens with zero attached hydrogens (tertiary/aromatic N) is 2. The van der Waals surface area contributed by atoms with Gasteiger partial charge >= 0.3 is 6.09 Å². The van der Waals surface area contributed by atoms with Gasteiger partial charge in [0.15, 0.2) is 11.7 Å². The highest BCUT2D eigenvalue weighted by atomic mass is 16.6. The number of carbonyl (C=O) groups is 1. The first kappa shape index (κ1) is 15.3. The second kappa shape index (κ2) is 5.57. The molecule has 3 aromatic rings. The van der Waals surface area contributed by atoms with Gasteiger partial charge in [0.2, 0.25) is 0 Å². The molecule has 0 N–H and O–H groups in total. The molecule has 0 saturated carbocycles. The fourth-order valence-corrected chi connectivity index (χ4v) is 2.44. The molecule has 5 nitrogen and oxygen atoms in total. The van der Waals surface area contributed by atoms with E-state index in [0.717, 1.165) is 22.9 Å². The van der Waals surface area contributed by atoms with Crippen molar-refractivity contribution in [3.8, 4) is 11.3 Å². The Morgan fingerprint density at radius 3 is 2.70 bits per heavy atom. The lowest BCUT2D eigenvalue weighted by Gasteiger charge is -2.19. The molecule has 0 amide bonds. The molecule has 2 aromatic heterocycles. The summed E-state index contributed by atoms with van der Waals surface area (Å²) in [5.74, 6) is 1.33. The Kier molecular flexibility index (Phi) is 3.72. The van der Waals surface area contributed by atoms with Crippen molar-refractivity contribution < 1.29 is 13.9 Å². The number of fused-ring (bicyclic) bond motifs is 1. The van der Waals surface area contributed by atoms with Gasteiger partial charge in [0.05, 0.1) is 11.7 Å². The largest absolute Gasteiger partial charge is 0.443 e. The summed E-state index contributed by atoms with van der Waals surface area (Å²) in [6.07, 6.45) is 3.76. The highest BCUT2D eigenvalue weighted by Crippen LogP contribution is 2.31. The van der Waals surface area contributed by atoms with E-state index in [4.69, 9.17) is 9.15 Å². The molecule has 0 bridgehead atoms. The Labute approximate surface area is 134 Å². The number of hydrogen-bond donors (Lipinski definition) is 0. The van der Waals surface area contributed by atoms with Crippen LogP contribution in [0.25, 0.3) is 22.2 Å². The first-order valence-corrected chi connectivity index (χ1v) is 7.67. The van der Waals surface area contributed by atoms with Gasteiger partial charge in [0.1, 0.15) is 5.60 Å². The predicted octanol–water partition coefficient (Wildman–Crippen LogP) is 4.64. The van der Waals surface area contributed by atoms with E-state index in [1.165, 1.54) is 4.57 Å². The molecule has 0 fully saturated rings. The molecule has 23 heavy (non-hydrogen) atoms. The van der Waals surface area contributed by atoms with Crippen LogP contribution in [0, 0.1) is 0 Å². The third-order valence-corrected chi connectivity index (χ3v) is 3.42. The summed E-state index contributed by atoms with van der Waals surface area (Å²) in [7, 11) is 0. The van der Waals surface area contributed by atoms with Crippen LogP contribution >= 0.6 is 0 Å². The minimum absolute atomic E-state index is 0.407. The maximum Gasteiger partial charge on any atom is 0.419 e. The quantitative estimate of drug-likeness (QED) is 0.691. The standard InChI is InChI=1S/C18H20N2O3/c1-5-16-19-10-15(22-16)13-11-20(17(21)23-18(2,3)4)14-9-7-6-8-12(13)14/h6-11H,5H2,1-4H3. The molecule has 0 aliphatic rings. The lowest BCUT2D eigenvalue weighted by Crippen LogP contribution is -2.26. The van der Waals surface area contributed by atoms with E-state index < -0.39 is 11.7 Å². The van der Waals surface area contributed by atoms with Crippen molar-refractivity contribution in [1.82, 2.24) is 9.55 Å². The normalized spacial score (nSPS) is 11.8. The third kappa shape index (κ3) is 2.99. The van der Waals surface area contributed by atoms with Crippen LogP contribution in [0.4, 0.5) is 4.79 Å². The zero-order valence-corrected chi connectivity index (χ0v) is 13.8. The molecule has 2 heterocycles. The molecule has 0 unspecified atom stereocenters. The van der Waals surface area contributed by atoms with Crippen molar-refractivity contribution >= 4 is 17.0 Å². The number of carbonyl (C=O) groups excluding carboxylic acids is 1. The van der Waals surface area contributed by atoms with Crippen LogP contribution in [0.2, 0.25) is 0 Å². The maximum absolute atomic E-state index is 12.5. The summed E-state index contributed by atoms with van der Waals surface area (Å²) < 4.78 is 12.7. The Morgan fingerprint density at radius 1 is 1.30 bits per heavy atom. The lowest BCUT2D eigenvalue weighted by atomic mass is 10.1. The highest BCUT2D eigenvalue weighted by molar-refractivity contribution is 5.99. The van der Waals surface area contributed by atoms with E-state index in [2.05, 4.69) is 4.98 Å². The van der Waals surface area contributed by atoms with Gasteiger partial charge in [-0.1, -0.05) is 25.1 Å². The zero-order chi connectivity index (χ0) is 16.6. The van der Waals surface area contributed by atoms with Gasteiger partial charge in [0, 0.05) is 23.6 Å². The van der Waals surface area contributed by atoms with Crippen LogP contribution in [0.3, 0.4) is 0 Å². The highest BCUT2D eigenvalue weighted by Gasteiger charge is 2.22. The number of aromatic nitrogens is 2. The third-order valence-electron chi connectivity index (χ3n) is 3.42. The first-order chi connectivity index (χ1) is 10.9. The minimum Gasteiger partial charge on any atom is -0.443 e. The maximum atomic E-state index is 12.5. The summed E-state index contributed by atoms with van der Waals surface area (Å²) >= 11 is 0. The second-order valence-electron chi connectivity index (χ2n) is 6.38. The van der Waals surface area contributed by atoms with Crippen LogP contribution in [0.15, 0.2) is 41.1 Å². The molecule has 120 valence electrons. The number of aryl methyl sites for hydroxylation is 1. The van der Waals surface area contributed by atoms with E-state index in [0.29, 0.717) is 11.7 Å². The first-order valence-electron chi connectivity index (χ1n) is 7.67. The fraction of sp³-hybridized carbons (Fsp3) is 0.333. The monoisotopic (exact) mass is 312 g/mol. The van der Waals surface area contributed by atoms with Gasteiger partial charge in [-0.25, -0.2) is 9.78 Å². The predicted molar refractivity (Wildman–Crippen MR) is 88.4 cm³/mol. The number of benzene rings is 1. The van der Waals surface area contributed by atoms with Crippen LogP contribution in [0.1, 0.15) is 33.6 Å². The van der Waals surface area contributed by atoms with Gasteiger partial charge in [0.25, 0.3) is 0 Å². The lowest BCUT2D eigenvalue weighted by molar-refractivity contribution is 0.0544. The summed E-state index contributed by atoms with van der Waals surface area (Å²) in [6.45, 7) is 7.53. The summed E-state index contributed by atoms with van der Waals surface area (Å²) in [5, 5.41) is 0.928. The molecule has 3 rings (SSSR count). The topological polar surface area (TPSA) is 57.3 Å². The average Bonchev–Trinajstić information content (AvgIpc) is 3.09. The average molecular weight is 312 g/mol. The SMILES string of the molecule is CCc1ncc(-c2cn(C(=O)OC(C)(C)C)c3ccccc23)o1. The molecular weight excluding hydrogens is 292 g/mol. The van der Waals surface area contributed by atoms with Crippen molar-refractivity contribution in [2.24, 2.45) is 0 Å². The van der Waals surface area contributed by atoms with Crippen molar-refractivity contribution in [2.45, 2.75) is 39.7 Å². The van der Waals surface area contributed by atoms with Crippen molar-refractivity contribution in [2.75, 3.05) is 0 Å². The summed E-state index contributed by atoms with van der Waals surface area (Å²) in [5.41, 5.74) is 1.06. The number of ether oxygens (including phenoxy) is 1. The molecule has 1 aromatic carbocycles. The van der Waals surface area contributed by atoms with Crippen LogP contribution < -0.4 is 0 Å². The van der Waals surface area contributed by atoms with E-state index in [1.54, 1.807) is 12.4 Å². The van der Waals surface area contributed by atoms with E-state index in [1.807, 2.05) is 52.0 Å². The molecule has 0 aliphatic carbocycles. The molecule has 0 atom stereocenters. The second-order valence-corrected chi connectivity index (χ2v) is 6.38. The molecule has 0 spiro atoms. The van der Waals surface area contributed by atoms with Crippen molar-refractivity contribution in [3.63, 3.8) is 0 Å². The van der Waals surface area contributed by atoms with E-state index in [-0.39, 0.29) is 0 Å². The van der Waals surface area contributed by atoms with Crippen LogP contribution in [-0.4, -0.2) is 21.2 Å². The summed E-state index contributed by atoms with van der Waals surface area (Å²) in [6, 6.07) is 7.67. The van der Waals surface area contributed by atoms with Gasteiger partial charge in [-0.2, -0.15) is 0 Å². The smallest absolute Gasteiger partial charge is 0.419 e. The Hall–Kier alpha value is -2.56. The van der Waals surface area contributed by atoms with Gasteiger partial charge in [-0.3, -0.25) is 4.57 Å². The van der Waals surface area contributed by atoms with Crippen LogP contribution in [0.5, 0.6) is 0 Å². The Balaban J connectivity index is 2.12. The fourth-order valence-electron chi connectivity index (χ4n) is 2.44. The number of rotatable bonds is 2. The molecule has 0 aliphatic heterocycles. The number of hydrogen-bond acceptors (Lipinski definition) is 4. The molecule has 5 heteroatoms. The Bertz CT molecular complexity index is 853. The molecule has 0 radical (unpaired) electrons. The summed E-state index contributed by atoms with van der Waals surface area (Å²) in [4.78, 5) is 16.7. The zero-order valence-electron chi connectivity index (χ0n) is 13.8. The number of oxazole rings is 1. The minimum atomic E-state index is -0.551. The van der Waals surface area contributed by atoms with E-state index >= 15 is 0 Å². The van der Waals surface area contributed by atoms with Crippen molar-refractivity contribution in [1.29, 1.82) is 0 Å². The van der Waals surface area contributed by atoms with Crippen LogP contribution in [-0.2, 0) is 11.2 Å². The van der Waals surface area contributed by atoms with Gasteiger partial charge < -0.3 is 9.15 Å². The number of para-hydroxylation sites is 1. The molecule has 0 saturated heterocycles. The van der Waals surface area contributed by atoms with E-state index in [9.17, 15) is 4.79 Å². The van der Waals surface area contributed by atoms with Gasteiger partial charge in [-0.15, -0.1) is 0 Å². The van der Waals surface area contributed by atoms with Crippen molar-refractivity contribution in [3.05, 3.63) is 42.5 Å². The molecular formula is C18H20N2O3. The Morgan fingerprint density at radius 2 is 2.04 bits per heavy atom.